The van der Waals surface area contributed by atoms with E-state index >= 15 is 0 Å². The normalized spacial score (nSPS) is 20.0. The molecule has 1 heterocycles. The van der Waals surface area contributed by atoms with Gasteiger partial charge in [0.2, 0.25) is 0 Å². The highest BCUT2D eigenvalue weighted by Gasteiger charge is 2.29. The van der Waals surface area contributed by atoms with Crippen molar-refractivity contribution in [1.82, 2.24) is 0 Å². The third kappa shape index (κ3) is 12.7. The number of benzene rings is 3. The minimum absolute atomic E-state index is 0.0895. The van der Waals surface area contributed by atoms with E-state index in [0.717, 1.165) is 82.7 Å². The zero-order chi connectivity index (χ0) is 38.6. The fourth-order valence-electron chi connectivity index (χ4n) is 7.51. The minimum atomic E-state index is -0.127. The van der Waals surface area contributed by atoms with Gasteiger partial charge in [0.05, 0.1) is 65.6 Å². The highest BCUT2D eigenvalue weighted by atomic mass is 35.5. The molecular formula is C46H58Cl2O8. The first-order chi connectivity index (χ1) is 27.7. The molecule has 304 valence electrons. The van der Waals surface area contributed by atoms with Crippen molar-refractivity contribution in [2.45, 2.75) is 57.5 Å². The molecule has 0 saturated carbocycles. The lowest BCUT2D eigenvalue weighted by Gasteiger charge is -2.31. The van der Waals surface area contributed by atoms with Crippen LogP contribution >= 0.6 is 23.2 Å². The molecule has 0 fully saturated rings. The van der Waals surface area contributed by atoms with Gasteiger partial charge in [0.15, 0.2) is 0 Å². The Labute approximate surface area is 343 Å². The van der Waals surface area contributed by atoms with Gasteiger partial charge in [0, 0.05) is 37.1 Å². The molecule has 10 heteroatoms. The van der Waals surface area contributed by atoms with Gasteiger partial charge < -0.3 is 37.9 Å². The number of hydrogen-bond donors (Lipinski definition) is 0. The maximum atomic E-state index is 6.81. The van der Waals surface area contributed by atoms with E-state index in [1.807, 2.05) is 0 Å². The van der Waals surface area contributed by atoms with Crippen molar-refractivity contribution in [1.29, 1.82) is 0 Å². The lowest BCUT2D eigenvalue weighted by molar-refractivity contribution is -0.00707. The second-order valence-corrected chi connectivity index (χ2v) is 15.1. The molecule has 0 aromatic heterocycles. The van der Waals surface area contributed by atoms with Gasteiger partial charge in [-0.3, -0.25) is 0 Å². The zero-order valence-electron chi connectivity index (χ0n) is 32.7. The van der Waals surface area contributed by atoms with Crippen LogP contribution in [-0.4, -0.2) is 97.1 Å². The first-order valence-electron chi connectivity index (χ1n) is 20.4. The topological polar surface area (TPSA) is 73.8 Å². The van der Waals surface area contributed by atoms with Gasteiger partial charge >= 0.3 is 0 Å². The summed E-state index contributed by atoms with van der Waals surface area (Å²) in [4.78, 5) is 0. The SMILES string of the molecule is ClCCCCOc1c2cccc1Cc1cccc3c1OCCOCCOCCOCCOCCOc1c(cccc1C2)CC1=CC=C[C@@H](C3)C1OCCCCCl. The number of allylic oxidation sites excluding steroid dienone is 2. The molecular weight excluding hydrogens is 751 g/mol. The van der Waals surface area contributed by atoms with Crippen molar-refractivity contribution >= 4 is 23.2 Å². The average Bonchev–Trinajstić information content (AvgIpc) is 3.20. The van der Waals surface area contributed by atoms with Crippen LogP contribution in [0.3, 0.4) is 0 Å². The van der Waals surface area contributed by atoms with E-state index in [9.17, 15) is 0 Å². The van der Waals surface area contributed by atoms with Gasteiger partial charge in [-0.2, -0.15) is 0 Å². The van der Waals surface area contributed by atoms with E-state index in [1.165, 1.54) is 5.57 Å². The number of unbranched alkanes of at least 4 members (excludes halogenated alkanes) is 2. The van der Waals surface area contributed by atoms with Gasteiger partial charge in [-0.25, -0.2) is 0 Å². The molecule has 1 aliphatic heterocycles. The Hall–Kier alpha value is -3.08. The van der Waals surface area contributed by atoms with Crippen LogP contribution in [0.25, 0.3) is 0 Å². The van der Waals surface area contributed by atoms with E-state index in [1.54, 1.807) is 0 Å². The molecule has 3 aromatic rings. The van der Waals surface area contributed by atoms with Crippen molar-refractivity contribution < 1.29 is 37.9 Å². The monoisotopic (exact) mass is 808 g/mol. The van der Waals surface area contributed by atoms with E-state index in [4.69, 9.17) is 61.1 Å². The Morgan fingerprint density at radius 3 is 1.59 bits per heavy atom. The Morgan fingerprint density at radius 2 is 1.02 bits per heavy atom. The van der Waals surface area contributed by atoms with E-state index < -0.39 is 0 Å². The van der Waals surface area contributed by atoms with Crippen LogP contribution in [0.2, 0.25) is 0 Å². The number of halogens is 2. The maximum Gasteiger partial charge on any atom is 0.126 e. The number of rotatable bonds is 10. The number of fused-ring (bicyclic) bond motifs is 2. The van der Waals surface area contributed by atoms with Crippen LogP contribution in [0, 0.1) is 5.92 Å². The maximum absolute atomic E-state index is 6.81. The molecule has 3 aliphatic rings. The smallest absolute Gasteiger partial charge is 0.126 e. The van der Waals surface area contributed by atoms with Crippen LogP contribution < -0.4 is 14.2 Å². The summed E-state index contributed by atoms with van der Waals surface area (Å²) in [5, 5.41) is 0. The standard InChI is InChI=1S/C46H58Cl2O8/c47-17-1-3-19-53-43-35-9-5-10-36(43)32-40-14-8-16-42-34-38-12-6-11-37(44(38)54-20-4-2-18-48)33-41-15-7-13-39(31-35)45(41)55-29-27-51-25-23-49-21-22-50-24-26-52-28-30-56-46(40)42/h5-16,35,43H,1-4,17-34H2/t35-,43?/m0/s1. The second kappa shape index (κ2) is 24.0. The predicted molar refractivity (Wildman–Crippen MR) is 222 cm³/mol. The summed E-state index contributed by atoms with van der Waals surface area (Å²) in [6.45, 7) is 5.86. The number of ether oxygens (including phenoxy) is 8. The molecule has 0 saturated heterocycles. The van der Waals surface area contributed by atoms with Crippen molar-refractivity contribution in [3.63, 3.8) is 0 Å². The summed E-state index contributed by atoms with van der Waals surface area (Å²) >= 11 is 12.2. The van der Waals surface area contributed by atoms with Gasteiger partial charge in [0.25, 0.3) is 0 Å². The summed E-state index contributed by atoms with van der Waals surface area (Å²) in [5.41, 5.74) is 7.89. The van der Waals surface area contributed by atoms with Crippen molar-refractivity contribution in [3.05, 3.63) is 112 Å². The third-order valence-electron chi connectivity index (χ3n) is 10.2. The Bertz CT molecular complexity index is 1690. The summed E-state index contributed by atoms with van der Waals surface area (Å²) in [6.07, 6.45) is 12.9. The summed E-state index contributed by atoms with van der Waals surface area (Å²) in [6, 6.07) is 19.5. The van der Waals surface area contributed by atoms with Gasteiger partial charge in [-0.15, -0.1) is 23.2 Å². The van der Waals surface area contributed by atoms with Crippen LogP contribution in [-0.2, 0) is 49.4 Å². The van der Waals surface area contributed by atoms with Crippen LogP contribution in [0.5, 0.6) is 17.2 Å². The van der Waals surface area contributed by atoms with Crippen molar-refractivity contribution in [3.8, 4) is 17.2 Å². The molecule has 56 heavy (non-hydrogen) atoms. The van der Waals surface area contributed by atoms with Crippen molar-refractivity contribution in [2.24, 2.45) is 5.92 Å². The molecule has 0 N–H and O–H groups in total. The van der Waals surface area contributed by atoms with Crippen LogP contribution in [0.15, 0.2) is 78.4 Å². The first-order valence-corrected chi connectivity index (χ1v) is 21.4. The Morgan fingerprint density at radius 1 is 0.536 bits per heavy atom. The van der Waals surface area contributed by atoms with E-state index in [-0.39, 0.29) is 12.0 Å². The van der Waals surface area contributed by atoms with Gasteiger partial charge in [-0.05, 0) is 77.5 Å². The molecule has 0 amide bonds. The average molecular weight is 810 g/mol. The molecule has 2 atom stereocenters. The number of alkyl halides is 2. The summed E-state index contributed by atoms with van der Waals surface area (Å²) in [7, 11) is 0. The molecule has 3 aromatic carbocycles. The lowest BCUT2D eigenvalue weighted by atomic mass is 9.82. The zero-order valence-corrected chi connectivity index (χ0v) is 34.2. The van der Waals surface area contributed by atoms with E-state index in [2.05, 4.69) is 72.8 Å². The second-order valence-electron chi connectivity index (χ2n) is 14.3. The summed E-state index contributed by atoms with van der Waals surface area (Å²) in [5.74, 6) is 4.01. The first kappa shape index (κ1) is 42.5. The lowest BCUT2D eigenvalue weighted by Crippen LogP contribution is -2.30. The van der Waals surface area contributed by atoms with Crippen LogP contribution in [0.4, 0.5) is 0 Å². The van der Waals surface area contributed by atoms with Gasteiger partial charge in [-0.1, -0.05) is 72.8 Å². The molecule has 10 bridgehead atoms. The van der Waals surface area contributed by atoms with Crippen LogP contribution in [0.1, 0.15) is 59.1 Å². The largest absolute Gasteiger partial charge is 0.493 e. The van der Waals surface area contributed by atoms with Crippen molar-refractivity contribution in [2.75, 3.05) is 91.0 Å². The third-order valence-corrected chi connectivity index (χ3v) is 10.8. The molecule has 8 nitrogen and oxygen atoms in total. The molecule has 0 spiro atoms. The summed E-state index contributed by atoms with van der Waals surface area (Å²) < 4.78 is 50.3. The predicted octanol–water partition coefficient (Wildman–Crippen LogP) is 8.72. The van der Waals surface area contributed by atoms with E-state index in [0.29, 0.717) is 110 Å². The molecule has 0 radical (unpaired) electrons. The fraction of sp³-hybridized carbons (Fsp3) is 0.522. The molecule has 1 unspecified atom stereocenters. The molecule has 6 rings (SSSR count). The fourth-order valence-corrected chi connectivity index (χ4v) is 7.89. The minimum Gasteiger partial charge on any atom is -0.493 e. The van der Waals surface area contributed by atoms with Gasteiger partial charge in [0.1, 0.15) is 30.5 Å². The quantitative estimate of drug-likeness (QED) is 0.149. The Kier molecular flexibility index (Phi) is 18.2. The Balaban J connectivity index is 1.44. The number of para-hydroxylation sites is 3. The number of hydrogen-bond acceptors (Lipinski definition) is 8. The highest BCUT2D eigenvalue weighted by Crippen LogP contribution is 2.39. The molecule has 2 aliphatic carbocycles. The highest BCUT2D eigenvalue weighted by molar-refractivity contribution is 6.18.